The van der Waals surface area contributed by atoms with E-state index in [1.807, 2.05) is 24.3 Å². The second kappa shape index (κ2) is 7.91. The monoisotopic (exact) mass is 371 g/mol. The number of sulfone groups is 1. The Bertz CT molecular complexity index is 890. The summed E-state index contributed by atoms with van der Waals surface area (Å²) in [7, 11) is -1.20. The molecular weight excluding hydrogens is 346 g/mol. The normalized spacial score (nSPS) is 14.8. The van der Waals surface area contributed by atoms with Crippen LogP contribution in [0.1, 0.15) is 22.3 Å². The van der Waals surface area contributed by atoms with Gasteiger partial charge in [-0.05, 0) is 28.7 Å². The van der Waals surface area contributed by atoms with Gasteiger partial charge >= 0.3 is 0 Å². The Morgan fingerprint density at radius 3 is 2.38 bits per heavy atom. The molecule has 0 radical (unpaired) electrons. The van der Waals surface area contributed by atoms with Crippen LogP contribution in [0.4, 0.5) is 0 Å². The van der Waals surface area contributed by atoms with E-state index in [-0.39, 0.29) is 5.75 Å². The van der Waals surface area contributed by atoms with Crippen molar-refractivity contribution >= 4 is 15.8 Å². The molecule has 6 heteroatoms. The van der Waals surface area contributed by atoms with E-state index in [0.717, 1.165) is 36.6 Å². The van der Waals surface area contributed by atoms with Crippen molar-refractivity contribution in [2.75, 3.05) is 19.8 Å². The lowest BCUT2D eigenvalue weighted by atomic mass is 10.0. The van der Waals surface area contributed by atoms with Gasteiger partial charge < -0.3 is 10.2 Å². The van der Waals surface area contributed by atoms with Crippen molar-refractivity contribution in [2.24, 2.45) is 4.99 Å². The molecule has 0 atom stereocenters. The van der Waals surface area contributed by atoms with Crippen LogP contribution in [0.5, 0.6) is 0 Å². The Balaban J connectivity index is 1.60. The van der Waals surface area contributed by atoms with Crippen LogP contribution in [-0.2, 0) is 35.1 Å². The summed E-state index contributed by atoms with van der Waals surface area (Å²) in [4.78, 5) is 6.68. The zero-order valence-corrected chi connectivity index (χ0v) is 16.1. The summed E-state index contributed by atoms with van der Waals surface area (Å²) in [5.74, 6) is 0.968. The molecule has 2 aromatic rings. The Kier molecular flexibility index (Phi) is 5.61. The maximum absolute atomic E-state index is 11.4. The number of benzene rings is 2. The molecule has 1 aliphatic heterocycles. The summed E-state index contributed by atoms with van der Waals surface area (Å²) in [6.07, 6.45) is 2.28. The third kappa shape index (κ3) is 4.85. The molecule has 0 unspecified atom stereocenters. The molecule has 0 amide bonds. The molecule has 5 nitrogen and oxygen atoms in total. The van der Waals surface area contributed by atoms with Gasteiger partial charge in [-0.15, -0.1) is 0 Å². The van der Waals surface area contributed by atoms with E-state index in [9.17, 15) is 8.42 Å². The van der Waals surface area contributed by atoms with E-state index >= 15 is 0 Å². The van der Waals surface area contributed by atoms with Crippen molar-refractivity contribution in [3.8, 4) is 0 Å². The molecule has 0 saturated carbocycles. The fourth-order valence-electron chi connectivity index (χ4n) is 3.25. The SMILES string of the molecule is CN=C(NCc1ccc(CS(C)(=O)=O)cc1)N1CCc2ccccc2C1. The average Bonchev–Trinajstić information content (AvgIpc) is 2.62. The van der Waals surface area contributed by atoms with Crippen molar-refractivity contribution < 1.29 is 8.42 Å². The number of nitrogens with one attached hydrogen (secondary N) is 1. The minimum absolute atomic E-state index is 0.0789. The average molecular weight is 372 g/mol. The van der Waals surface area contributed by atoms with Gasteiger partial charge in [0.05, 0.1) is 5.75 Å². The first kappa shape index (κ1) is 18.5. The topological polar surface area (TPSA) is 61.8 Å². The molecule has 2 aromatic carbocycles. The van der Waals surface area contributed by atoms with Gasteiger partial charge in [0, 0.05) is 32.9 Å². The fraction of sp³-hybridized carbons (Fsp3) is 0.350. The molecule has 1 heterocycles. The highest BCUT2D eigenvalue weighted by molar-refractivity contribution is 7.89. The number of hydrogen-bond donors (Lipinski definition) is 1. The Hall–Kier alpha value is -2.34. The van der Waals surface area contributed by atoms with Crippen LogP contribution in [-0.4, -0.2) is 39.1 Å². The van der Waals surface area contributed by atoms with Crippen molar-refractivity contribution in [1.29, 1.82) is 0 Å². The van der Waals surface area contributed by atoms with Gasteiger partial charge in [-0.25, -0.2) is 8.42 Å². The molecule has 0 bridgehead atoms. The lowest BCUT2D eigenvalue weighted by molar-refractivity contribution is 0.378. The van der Waals surface area contributed by atoms with E-state index in [2.05, 4.69) is 39.5 Å². The molecule has 0 saturated heterocycles. The van der Waals surface area contributed by atoms with Gasteiger partial charge in [-0.3, -0.25) is 4.99 Å². The van der Waals surface area contributed by atoms with Crippen LogP contribution in [0.2, 0.25) is 0 Å². The number of hydrogen-bond acceptors (Lipinski definition) is 3. The molecule has 138 valence electrons. The minimum Gasteiger partial charge on any atom is -0.352 e. The maximum Gasteiger partial charge on any atom is 0.194 e. The third-order valence-corrected chi connectivity index (χ3v) is 5.40. The summed E-state index contributed by atoms with van der Waals surface area (Å²) in [5, 5.41) is 3.41. The first-order valence-corrected chi connectivity index (χ1v) is 10.8. The van der Waals surface area contributed by atoms with E-state index < -0.39 is 9.84 Å². The van der Waals surface area contributed by atoms with Crippen LogP contribution in [0, 0.1) is 0 Å². The smallest absolute Gasteiger partial charge is 0.194 e. The highest BCUT2D eigenvalue weighted by Crippen LogP contribution is 2.18. The lowest BCUT2D eigenvalue weighted by Crippen LogP contribution is -2.43. The van der Waals surface area contributed by atoms with Gasteiger partial charge in [0.1, 0.15) is 0 Å². The largest absolute Gasteiger partial charge is 0.352 e. The molecule has 0 aliphatic carbocycles. The molecule has 1 N–H and O–H groups in total. The number of aliphatic imine (C=N–C) groups is 1. The van der Waals surface area contributed by atoms with Crippen LogP contribution in [0.25, 0.3) is 0 Å². The first-order chi connectivity index (χ1) is 12.4. The molecule has 0 spiro atoms. The number of fused-ring (bicyclic) bond motifs is 1. The minimum atomic E-state index is -3.00. The molecule has 3 rings (SSSR count). The fourth-order valence-corrected chi connectivity index (χ4v) is 4.04. The Labute approximate surface area is 155 Å². The van der Waals surface area contributed by atoms with E-state index in [0.29, 0.717) is 6.54 Å². The molecule has 0 aromatic heterocycles. The quantitative estimate of drug-likeness (QED) is 0.662. The molecule has 0 fully saturated rings. The van der Waals surface area contributed by atoms with E-state index in [4.69, 9.17) is 0 Å². The summed E-state index contributed by atoms with van der Waals surface area (Å²) in [6.45, 7) is 2.47. The van der Waals surface area contributed by atoms with Crippen molar-refractivity contribution in [3.63, 3.8) is 0 Å². The standard InChI is InChI=1S/C20H25N3O2S/c1-21-20(23-12-11-18-5-3-4-6-19(18)14-23)22-13-16-7-9-17(10-8-16)15-26(2,24)25/h3-10H,11-15H2,1-2H3,(H,21,22). The van der Waals surface area contributed by atoms with Crippen LogP contribution in [0.15, 0.2) is 53.5 Å². The van der Waals surface area contributed by atoms with E-state index in [1.54, 1.807) is 7.05 Å². The molecular formula is C20H25N3O2S. The van der Waals surface area contributed by atoms with Gasteiger partial charge in [-0.1, -0.05) is 48.5 Å². The summed E-state index contributed by atoms with van der Waals surface area (Å²) in [6, 6.07) is 16.2. The highest BCUT2D eigenvalue weighted by Gasteiger charge is 2.18. The molecule has 1 aliphatic rings. The predicted molar refractivity (Wildman–Crippen MR) is 106 cm³/mol. The maximum atomic E-state index is 11.4. The van der Waals surface area contributed by atoms with E-state index in [1.165, 1.54) is 17.4 Å². The zero-order valence-electron chi connectivity index (χ0n) is 15.3. The Morgan fingerprint density at radius 1 is 1.08 bits per heavy atom. The van der Waals surface area contributed by atoms with Gasteiger partial charge in [0.25, 0.3) is 0 Å². The second-order valence-corrected chi connectivity index (χ2v) is 8.87. The summed E-state index contributed by atoms with van der Waals surface area (Å²) in [5.41, 5.74) is 4.68. The van der Waals surface area contributed by atoms with Gasteiger partial charge in [-0.2, -0.15) is 0 Å². The number of rotatable bonds is 4. The second-order valence-electron chi connectivity index (χ2n) is 6.73. The number of nitrogens with zero attached hydrogens (tertiary/aromatic N) is 2. The highest BCUT2D eigenvalue weighted by atomic mass is 32.2. The predicted octanol–water partition coefficient (Wildman–Crippen LogP) is 2.36. The van der Waals surface area contributed by atoms with Crippen molar-refractivity contribution in [3.05, 3.63) is 70.8 Å². The van der Waals surface area contributed by atoms with Crippen LogP contribution < -0.4 is 5.32 Å². The summed E-state index contributed by atoms with van der Waals surface area (Å²) < 4.78 is 22.7. The Morgan fingerprint density at radius 2 is 1.73 bits per heavy atom. The molecule has 26 heavy (non-hydrogen) atoms. The van der Waals surface area contributed by atoms with Gasteiger partial charge in [0.2, 0.25) is 0 Å². The first-order valence-electron chi connectivity index (χ1n) is 8.72. The van der Waals surface area contributed by atoms with Crippen molar-refractivity contribution in [1.82, 2.24) is 10.2 Å². The van der Waals surface area contributed by atoms with Crippen LogP contribution in [0.3, 0.4) is 0 Å². The number of guanidine groups is 1. The van der Waals surface area contributed by atoms with Crippen molar-refractivity contribution in [2.45, 2.75) is 25.3 Å². The lowest BCUT2D eigenvalue weighted by Gasteiger charge is -2.31. The zero-order chi connectivity index (χ0) is 18.6. The third-order valence-electron chi connectivity index (χ3n) is 4.54. The van der Waals surface area contributed by atoms with Crippen LogP contribution >= 0.6 is 0 Å². The summed E-state index contributed by atoms with van der Waals surface area (Å²) >= 11 is 0. The van der Waals surface area contributed by atoms with Gasteiger partial charge in [0.15, 0.2) is 15.8 Å².